The molecule has 1 N–H and O–H groups in total. The Morgan fingerprint density at radius 3 is 3.00 bits per heavy atom. The van der Waals surface area contributed by atoms with Crippen LogP contribution in [0.25, 0.3) is 0 Å². The van der Waals surface area contributed by atoms with Crippen LogP contribution in [0.2, 0.25) is 0 Å². The predicted molar refractivity (Wildman–Crippen MR) is 56.5 cm³/mol. The summed E-state index contributed by atoms with van der Waals surface area (Å²) in [5, 5.41) is 2.02. The SMILES string of the molecule is O=C(Nn1ccccc1=O)c1nccs1. The topological polar surface area (TPSA) is 64.0 Å². The van der Waals surface area contributed by atoms with Crippen LogP contribution >= 0.6 is 11.3 Å². The minimum absolute atomic E-state index is 0.289. The normalized spacial score (nSPS) is 9.87. The van der Waals surface area contributed by atoms with Gasteiger partial charge in [0.25, 0.3) is 11.5 Å². The lowest BCUT2D eigenvalue weighted by Gasteiger charge is -2.04. The monoisotopic (exact) mass is 221 g/mol. The summed E-state index contributed by atoms with van der Waals surface area (Å²) in [6.45, 7) is 0. The van der Waals surface area contributed by atoms with Gasteiger partial charge in [-0.25, -0.2) is 9.66 Å². The van der Waals surface area contributed by atoms with E-state index in [4.69, 9.17) is 0 Å². The second-order valence-electron chi connectivity index (χ2n) is 2.69. The van der Waals surface area contributed by atoms with E-state index in [1.54, 1.807) is 17.5 Å². The minimum atomic E-state index is -0.390. The van der Waals surface area contributed by atoms with Crippen LogP contribution in [0.4, 0.5) is 0 Å². The number of amides is 1. The molecule has 2 aromatic heterocycles. The lowest BCUT2D eigenvalue weighted by atomic mass is 10.5. The number of rotatable bonds is 2. The highest BCUT2D eigenvalue weighted by molar-refractivity contribution is 7.11. The van der Waals surface area contributed by atoms with Gasteiger partial charge in [0.2, 0.25) is 0 Å². The molecule has 15 heavy (non-hydrogen) atoms. The first-order chi connectivity index (χ1) is 7.27. The molecule has 2 aromatic rings. The summed E-state index contributed by atoms with van der Waals surface area (Å²) in [7, 11) is 0. The van der Waals surface area contributed by atoms with Crippen LogP contribution in [-0.4, -0.2) is 15.6 Å². The molecule has 1 amide bonds. The van der Waals surface area contributed by atoms with Gasteiger partial charge < -0.3 is 0 Å². The third-order valence-corrected chi connectivity index (χ3v) is 2.44. The summed E-state index contributed by atoms with van der Waals surface area (Å²) in [6, 6.07) is 4.63. The third kappa shape index (κ3) is 2.10. The van der Waals surface area contributed by atoms with Crippen LogP contribution in [0.1, 0.15) is 9.80 Å². The molecular weight excluding hydrogens is 214 g/mol. The van der Waals surface area contributed by atoms with Crippen molar-refractivity contribution >= 4 is 17.2 Å². The van der Waals surface area contributed by atoms with E-state index in [1.807, 2.05) is 0 Å². The number of nitrogens with one attached hydrogen (secondary N) is 1. The van der Waals surface area contributed by atoms with Crippen LogP contribution in [0.15, 0.2) is 40.8 Å². The molecule has 5 nitrogen and oxygen atoms in total. The number of hydrogen-bond acceptors (Lipinski definition) is 4. The summed E-state index contributed by atoms with van der Waals surface area (Å²) >= 11 is 1.22. The number of hydrogen-bond donors (Lipinski definition) is 1. The standard InChI is InChI=1S/C9H7N3O2S/c13-7-3-1-2-5-12(7)11-8(14)9-10-4-6-15-9/h1-6H,(H,11,14). The van der Waals surface area contributed by atoms with Gasteiger partial charge >= 0.3 is 0 Å². The van der Waals surface area contributed by atoms with Gasteiger partial charge in [-0.2, -0.15) is 0 Å². The molecule has 0 aliphatic rings. The van der Waals surface area contributed by atoms with E-state index in [1.165, 1.54) is 29.8 Å². The highest BCUT2D eigenvalue weighted by Gasteiger charge is 2.08. The first-order valence-electron chi connectivity index (χ1n) is 4.16. The fourth-order valence-electron chi connectivity index (χ4n) is 1.01. The summed E-state index contributed by atoms with van der Waals surface area (Å²) in [5.74, 6) is -0.390. The number of nitrogens with zero attached hydrogens (tertiary/aromatic N) is 2. The Balaban J connectivity index is 2.20. The van der Waals surface area contributed by atoms with Gasteiger partial charge in [0, 0.05) is 23.8 Å². The van der Waals surface area contributed by atoms with E-state index >= 15 is 0 Å². The molecule has 0 saturated carbocycles. The van der Waals surface area contributed by atoms with Crippen LogP contribution in [0.3, 0.4) is 0 Å². The maximum Gasteiger partial charge on any atom is 0.299 e. The molecule has 0 radical (unpaired) electrons. The molecule has 0 atom stereocenters. The number of carbonyl (C=O) groups is 1. The van der Waals surface area contributed by atoms with Gasteiger partial charge in [-0.1, -0.05) is 6.07 Å². The zero-order valence-corrected chi connectivity index (χ0v) is 8.40. The fraction of sp³-hybridized carbons (Fsp3) is 0. The number of thiazole rings is 1. The molecular formula is C9H7N3O2S. The van der Waals surface area contributed by atoms with Gasteiger partial charge in [0.05, 0.1) is 0 Å². The van der Waals surface area contributed by atoms with E-state index in [0.717, 1.165) is 4.68 Å². The van der Waals surface area contributed by atoms with Crippen molar-refractivity contribution in [3.8, 4) is 0 Å². The largest absolute Gasteiger partial charge is 0.299 e. The van der Waals surface area contributed by atoms with Crippen molar-refractivity contribution in [3.05, 3.63) is 51.3 Å². The van der Waals surface area contributed by atoms with E-state index in [0.29, 0.717) is 5.01 Å². The van der Waals surface area contributed by atoms with E-state index in [2.05, 4.69) is 10.4 Å². The molecule has 0 bridgehead atoms. The van der Waals surface area contributed by atoms with Crippen LogP contribution in [0.5, 0.6) is 0 Å². The van der Waals surface area contributed by atoms with Crippen molar-refractivity contribution in [2.45, 2.75) is 0 Å². The van der Waals surface area contributed by atoms with Crippen molar-refractivity contribution in [1.29, 1.82) is 0 Å². The Labute approximate surface area is 89.0 Å². The van der Waals surface area contributed by atoms with Crippen molar-refractivity contribution in [3.63, 3.8) is 0 Å². The Hall–Kier alpha value is -1.95. The van der Waals surface area contributed by atoms with Crippen LogP contribution < -0.4 is 11.0 Å². The molecule has 76 valence electrons. The lowest BCUT2D eigenvalue weighted by Crippen LogP contribution is -2.31. The molecule has 0 unspecified atom stereocenters. The zero-order chi connectivity index (χ0) is 10.7. The average Bonchev–Trinajstić information content (AvgIpc) is 2.74. The number of aromatic nitrogens is 2. The van der Waals surface area contributed by atoms with Crippen LogP contribution in [-0.2, 0) is 0 Å². The Kier molecular flexibility index (Phi) is 2.59. The third-order valence-electron chi connectivity index (χ3n) is 1.67. The predicted octanol–water partition coefficient (Wildman–Crippen LogP) is 0.689. The smallest absolute Gasteiger partial charge is 0.268 e. The van der Waals surface area contributed by atoms with Crippen molar-refractivity contribution < 1.29 is 4.79 Å². The molecule has 2 heterocycles. The summed E-state index contributed by atoms with van der Waals surface area (Å²) in [6.07, 6.45) is 3.02. The van der Waals surface area contributed by atoms with Crippen molar-refractivity contribution in [1.82, 2.24) is 9.66 Å². The van der Waals surface area contributed by atoms with Gasteiger partial charge in [-0.05, 0) is 6.07 Å². The Bertz CT molecular complexity index is 518. The van der Waals surface area contributed by atoms with Crippen molar-refractivity contribution in [2.24, 2.45) is 0 Å². The van der Waals surface area contributed by atoms with Crippen LogP contribution in [0, 0.1) is 0 Å². The van der Waals surface area contributed by atoms with E-state index < -0.39 is 5.91 Å². The molecule has 0 fully saturated rings. The molecule has 0 aromatic carbocycles. The summed E-state index contributed by atoms with van der Waals surface area (Å²) < 4.78 is 1.11. The highest BCUT2D eigenvalue weighted by atomic mass is 32.1. The number of carbonyl (C=O) groups excluding carboxylic acids is 1. The second kappa shape index (κ2) is 4.05. The summed E-state index contributed by atoms with van der Waals surface area (Å²) in [4.78, 5) is 26.6. The Morgan fingerprint density at radius 2 is 2.33 bits per heavy atom. The van der Waals surface area contributed by atoms with Gasteiger partial charge in [0.1, 0.15) is 0 Å². The van der Waals surface area contributed by atoms with E-state index in [9.17, 15) is 9.59 Å². The van der Waals surface area contributed by atoms with Crippen molar-refractivity contribution in [2.75, 3.05) is 5.43 Å². The molecule has 0 aliphatic heterocycles. The summed E-state index contributed by atoms with van der Waals surface area (Å²) in [5.41, 5.74) is 2.14. The highest BCUT2D eigenvalue weighted by Crippen LogP contribution is 2.03. The van der Waals surface area contributed by atoms with Gasteiger partial charge in [-0.15, -0.1) is 11.3 Å². The van der Waals surface area contributed by atoms with Gasteiger partial charge in [0.15, 0.2) is 5.01 Å². The lowest BCUT2D eigenvalue weighted by molar-refractivity contribution is 0.101. The molecule has 6 heteroatoms. The quantitative estimate of drug-likeness (QED) is 0.811. The minimum Gasteiger partial charge on any atom is -0.268 e. The Morgan fingerprint density at radius 1 is 1.47 bits per heavy atom. The first-order valence-corrected chi connectivity index (χ1v) is 5.04. The first kappa shape index (κ1) is 9.60. The second-order valence-corrected chi connectivity index (χ2v) is 3.58. The molecule has 0 spiro atoms. The fourth-order valence-corrected chi connectivity index (χ4v) is 1.54. The molecule has 0 aliphatic carbocycles. The molecule has 0 saturated heterocycles. The van der Waals surface area contributed by atoms with Gasteiger partial charge in [-0.3, -0.25) is 15.0 Å². The maximum absolute atomic E-state index is 11.5. The maximum atomic E-state index is 11.5. The van der Waals surface area contributed by atoms with E-state index in [-0.39, 0.29) is 5.56 Å². The molecule has 2 rings (SSSR count). The average molecular weight is 221 g/mol. The zero-order valence-electron chi connectivity index (χ0n) is 7.58. The number of pyridine rings is 1.